The average molecular weight is 285 g/mol. The third kappa shape index (κ3) is 3.23. The van der Waals surface area contributed by atoms with Gasteiger partial charge in [-0.2, -0.15) is 5.21 Å². The largest absolute Gasteiger partial charge is 0.382 e. The van der Waals surface area contributed by atoms with E-state index in [0.29, 0.717) is 11.9 Å². The van der Waals surface area contributed by atoms with Crippen LogP contribution in [0.4, 0.5) is 5.69 Å². The van der Waals surface area contributed by atoms with Gasteiger partial charge < -0.3 is 5.32 Å². The molecule has 0 spiro atoms. The van der Waals surface area contributed by atoms with Crippen LogP contribution in [0.15, 0.2) is 24.3 Å². The highest BCUT2D eigenvalue weighted by molar-refractivity contribution is 5.62. The van der Waals surface area contributed by atoms with Crippen molar-refractivity contribution in [2.75, 3.05) is 5.32 Å². The Bertz CT molecular complexity index is 564. The number of rotatable bonds is 4. The predicted molar refractivity (Wildman–Crippen MR) is 83.8 cm³/mol. The molecule has 1 heterocycles. The van der Waals surface area contributed by atoms with Gasteiger partial charge in [0.1, 0.15) is 0 Å². The number of benzene rings is 1. The fourth-order valence-corrected chi connectivity index (χ4v) is 3.38. The van der Waals surface area contributed by atoms with Crippen LogP contribution in [0.25, 0.3) is 11.4 Å². The van der Waals surface area contributed by atoms with Crippen LogP contribution in [-0.2, 0) is 0 Å². The number of H-pyrrole nitrogens is 1. The summed E-state index contributed by atoms with van der Waals surface area (Å²) in [4.78, 5) is 0. The van der Waals surface area contributed by atoms with E-state index in [4.69, 9.17) is 0 Å². The van der Waals surface area contributed by atoms with Crippen molar-refractivity contribution in [3.63, 3.8) is 0 Å². The zero-order chi connectivity index (χ0) is 14.7. The fraction of sp³-hybridized carbons (Fsp3) is 0.562. The van der Waals surface area contributed by atoms with Gasteiger partial charge in [0.05, 0.1) is 0 Å². The quantitative estimate of drug-likeness (QED) is 0.902. The SMILES string of the molecule is CC(C)C1CCCCC1Nc1cccc(-c2nn[nH]n2)c1. The second-order valence-electron chi connectivity index (χ2n) is 6.26. The van der Waals surface area contributed by atoms with Crippen LogP contribution in [0.3, 0.4) is 0 Å². The molecule has 2 atom stereocenters. The topological polar surface area (TPSA) is 66.5 Å². The van der Waals surface area contributed by atoms with Gasteiger partial charge >= 0.3 is 0 Å². The lowest BCUT2D eigenvalue weighted by atomic mass is 9.78. The van der Waals surface area contributed by atoms with Crippen LogP contribution < -0.4 is 5.32 Å². The standard InChI is InChI=1S/C16H23N5/c1-11(2)14-8-3-4-9-15(14)17-13-7-5-6-12(10-13)16-18-20-21-19-16/h5-7,10-11,14-15,17H,3-4,8-9H2,1-2H3,(H,18,19,20,21). The zero-order valence-electron chi connectivity index (χ0n) is 12.7. The van der Waals surface area contributed by atoms with Crippen LogP contribution in [0.5, 0.6) is 0 Å². The second-order valence-corrected chi connectivity index (χ2v) is 6.26. The first-order valence-electron chi connectivity index (χ1n) is 7.84. The van der Waals surface area contributed by atoms with Gasteiger partial charge in [-0.25, -0.2) is 0 Å². The van der Waals surface area contributed by atoms with E-state index >= 15 is 0 Å². The van der Waals surface area contributed by atoms with Crippen LogP contribution in [0, 0.1) is 11.8 Å². The van der Waals surface area contributed by atoms with E-state index in [-0.39, 0.29) is 0 Å². The Labute approximate surface area is 125 Å². The molecular weight excluding hydrogens is 262 g/mol. The third-order valence-corrected chi connectivity index (χ3v) is 4.49. The molecular formula is C16H23N5. The Balaban J connectivity index is 1.76. The molecule has 2 N–H and O–H groups in total. The van der Waals surface area contributed by atoms with Crippen LogP contribution in [0.1, 0.15) is 39.5 Å². The molecule has 1 fully saturated rings. The summed E-state index contributed by atoms with van der Waals surface area (Å²) in [5.74, 6) is 2.12. The Kier molecular flexibility index (Phi) is 4.18. The molecule has 1 saturated carbocycles. The number of aromatic nitrogens is 4. The van der Waals surface area contributed by atoms with Crippen LogP contribution in [0.2, 0.25) is 0 Å². The van der Waals surface area contributed by atoms with Gasteiger partial charge in [0.25, 0.3) is 0 Å². The number of nitrogens with one attached hydrogen (secondary N) is 2. The maximum Gasteiger partial charge on any atom is 0.204 e. The summed E-state index contributed by atoms with van der Waals surface area (Å²) in [6.45, 7) is 4.67. The Hall–Kier alpha value is -1.91. The van der Waals surface area contributed by atoms with Crippen molar-refractivity contribution >= 4 is 5.69 Å². The number of hydrogen-bond acceptors (Lipinski definition) is 4. The lowest BCUT2D eigenvalue weighted by molar-refractivity contribution is 0.254. The highest BCUT2D eigenvalue weighted by Gasteiger charge is 2.27. The minimum atomic E-state index is 0.569. The normalized spacial score (nSPS) is 22.4. The summed E-state index contributed by atoms with van der Waals surface area (Å²) in [6.07, 6.45) is 5.28. The van der Waals surface area contributed by atoms with Gasteiger partial charge in [0, 0.05) is 17.3 Å². The smallest absolute Gasteiger partial charge is 0.204 e. The fourth-order valence-electron chi connectivity index (χ4n) is 3.38. The molecule has 5 heteroatoms. The molecule has 112 valence electrons. The molecule has 2 unspecified atom stereocenters. The first-order valence-corrected chi connectivity index (χ1v) is 7.84. The highest BCUT2D eigenvalue weighted by atomic mass is 15.5. The molecule has 2 aromatic rings. The molecule has 0 radical (unpaired) electrons. The average Bonchev–Trinajstić information content (AvgIpc) is 3.02. The molecule has 3 rings (SSSR count). The Morgan fingerprint density at radius 2 is 2.10 bits per heavy atom. The maximum atomic E-state index is 4.04. The summed E-state index contributed by atoms with van der Waals surface area (Å²) in [7, 11) is 0. The van der Waals surface area contributed by atoms with Crippen molar-refractivity contribution in [2.24, 2.45) is 11.8 Å². The van der Waals surface area contributed by atoms with E-state index < -0.39 is 0 Å². The second kappa shape index (κ2) is 6.24. The summed E-state index contributed by atoms with van der Waals surface area (Å²) >= 11 is 0. The predicted octanol–water partition coefficient (Wildman–Crippen LogP) is 3.49. The van der Waals surface area contributed by atoms with E-state index in [0.717, 1.165) is 23.1 Å². The number of anilines is 1. The van der Waals surface area contributed by atoms with Crippen molar-refractivity contribution in [2.45, 2.75) is 45.6 Å². The zero-order valence-corrected chi connectivity index (χ0v) is 12.7. The summed E-state index contributed by atoms with van der Waals surface area (Å²) < 4.78 is 0. The molecule has 1 aromatic carbocycles. The monoisotopic (exact) mass is 285 g/mol. The van der Waals surface area contributed by atoms with Gasteiger partial charge in [-0.3, -0.25) is 0 Å². The summed E-state index contributed by atoms with van der Waals surface area (Å²) in [6, 6.07) is 8.85. The number of aromatic amines is 1. The van der Waals surface area contributed by atoms with E-state index in [2.05, 4.69) is 51.9 Å². The van der Waals surface area contributed by atoms with E-state index in [9.17, 15) is 0 Å². The Morgan fingerprint density at radius 1 is 1.24 bits per heavy atom. The van der Waals surface area contributed by atoms with E-state index in [1.165, 1.54) is 25.7 Å². The van der Waals surface area contributed by atoms with Crippen LogP contribution >= 0.6 is 0 Å². The molecule has 1 aliphatic carbocycles. The van der Waals surface area contributed by atoms with Gasteiger partial charge in [-0.15, -0.1) is 10.2 Å². The molecule has 0 aliphatic heterocycles. The lowest BCUT2D eigenvalue weighted by Crippen LogP contribution is -2.35. The highest BCUT2D eigenvalue weighted by Crippen LogP contribution is 2.32. The summed E-state index contributed by atoms with van der Waals surface area (Å²) in [5.41, 5.74) is 2.14. The molecule has 0 amide bonds. The van der Waals surface area contributed by atoms with Crippen molar-refractivity contribution in [3.8, 4) is 11.4 Å². The van der Waals surface area contributed by atoms with Gasteiger partial charge in [-0.05, 0) is 42.0 Å². The molecule has 21 heavy (non-hydrogen) atoms. The van der Waals surface area contributed by atoms with Gasteiger partial charge in [-0.1, -0.05) is 38.8 Å². The lowest BCUT2D eigenvalue weighted by Gasteiger charge is -2.35. The van der Waals surface area contributed by atoms with Gasteiger partial charge in [0.2, 0.25) is 5.82 Å². The van der Waals surface area contributed by atoms with Gasteiger partial charge in [0.15, 0.2) is 0 Å². The van der Waals surface area contributed by atoms with Crippen molar-refractivity contribution in [3.05, 3.63) is 24.3 Å². The van der Waals surface area contributed by atoms with E-state index in [1.54, 1.807) is 0 Å². The maximum absolute atomic E-state index is 4.04. The molecule has 1 aliphatic rings. The first-order chi connectivity index (χ1) is 10.2. The Morgan fingerprint density at radius 3 is 2.86 bits per heavy atom. The first kappa shape index (κ1) is 14.0. The van der Waals surface area contributed by atoms with Crippen molar-refractivity contribution in [1.29, 1.82) is 0 Å². The molecule has 0 saturated heterocycles. The third-order valence-electron chi connectivity index (χ3n) is 4.49. The number of tetrazole rings is 1. The molecule has 1 aromatic heterocycles. The van der Waals surface area contributed by atoms with E-state index in [1.807, 2.05) is 12.1 Å². The summed E-state index contributed by atoms with van der Waals surface area (Å²) in [5, 5.41) is 17.9. The minimum absolute atomic E-state index is 0.569. The number of nitrogens with zero attached hydrogens (tertiary/aromatic N) is 3. The van der Waals surface area contributed by atoms with Crippen molar-refractivity contribution < 1.29 is 0 Å². The number of hydrogen-bond donors (Lipinski definition) is 2. The molecule has 0 bridgehead atoms. The van der Waals surface area contributed by atoms with Crippen LogP contribution in [-0.4, -0.2) is 26.7 Å². The van der Waals surface area contributed by atoms with Crippen molar-refractivity contribution in [1.82, 2.24) is 20.6 Å². The minimum Gasteiger partial charge on any atom is -0.382 e. The molecule has 5 nitrogen and oxygen atoms in total.